The van der Waals surface area contributed by atoms with E-state index in [0.717, 1.165) is 0 Å². The van der Waals surface area contributed by atoms with Gasteiger partial charge in [-0.15, -0.1) is 0 Å². The van der Waals surface area contributed by atoms with E-state index in [-0.39, 0.29) is 17.3 Å². The van der Waals surface area contributed by atoms with Gasteiger partial charge < -0.3 is 5.32 Å². The zero-order valence-corrected chi connectivity index (χ0v) is 12.3. The Kier molecular flexibility index (Phi) is 4.59. The molecule has 0 amide bonds. The van der Waals surface area contributed by atoms with Crippen LogP contribution in [-0.2, 0) is 6.54 Å². The Balaban J connectivity index is 2.26. The van der Waals surface area contributed by atoms with Crippen LogP contribution in [-0.4, -0.2) is 4.92 Å². The van der Waals surface area contributed by atoms with Crippen molar-refractivity contribution >= 4 is 23.0 Å². The molecule has 112 valence electrons. The van der Waals surface area contributed by atoms with Crippen molar-refractivity contribution < 1.29 is 9.31 Å². The van der Waals surface area contributed by atoms with E-state index in [1.54, 1.807) is 6.92 Å². The summed E-state index contributed by atoms with van der Waals surface area (Å²) >= 11 is 6.03. The van der Waals surface area contributed by atoms with E-state index in [0.29, 0.717) is 22.4 Å². The monoisotopic (exact) mass is 319 g/mol. The number of non-ortho nitro benzene ring substituents is 1. The summed E-state index contributed by atoms with van der Waals surface area (Å²) in [6, 6.07) is 8.62. The number of nitro groups is 1. The number of benzene rings is 2. The van der Waals surface area contributed by atoms with Crippen molar-refractivity contribution in [3.05, 3.63) is 68.0 Å². The number of nitrogens with one attached hydrogen (secondary N) is 1. The molecule has 0 aromatic heterocycles. The molecule has 0 aliphatic carbocycles. The Labute approximate surface area is 131 Å². The minimum absolute atomic E-state index is 0.106. The van der Waals surface area contributed by atoms with Crippen LogP contribution in [0.3, 0.4) is 0 Å². The van der Waals surface area contributed by atoms with E-state index in [1.165, 1.54) is 30.3 Å². The number of hydrogen-bond acceptors (Lipinski definition) is 4. The number of nitriles is 1. The first kappa shape index (κ1) is 15.7. The Hall–Kier alpha value is -2.65. The second-order valence-corrected chi connectivity index (χ2v) is 5.06. The molecule has 2 aromatic rings. The molecule has 0 aliphatic heterocycles. The van der Waals surface area contributed by atoms with Gasteiger partial charge in [-0.25, -0.2) is 4.39 Å². The number of hydrogen-bond donors (Lipinski definition) is 1. The molecular weight excluding hydrogens is 309 g/mol. The lowest BCUT2D eigenvalue weighted by Crippen LogP contribution is -2.05. The number of anilines is 1. The second-order valence-electron chi connectivity index (χ2n) is 4.65. The van der Waals surface area contributed by atoms with Crippen LogP contribution in [0.15, 0.2) is 30.3 Å². The number of nitro benzene ring substituents is 1. The van der Waals surface area contributed by atoms with E-state index in [1.807, 2.05) is 6.07 Å². The number of rotatable bonds is 4. The van der Waals surface area contributed by atoms with Gasteiger partial charge in [-0.2, -0.15) is 5.26 Å². The lowest BCUT2D eigenvalue weighted by Gasteiger charge is -2.12. The molecule has 1 N–H and O–H groups in total. The van der Waals surface area contributed by atoms with Crippen molar-refractivity contribution in [1.29, 1.82) is 5.26 Å². The van der Waals surface area contributed by atoms with Gasteiger partial charge in [0.1, 0.15) is 5.82 Å². The summed E-state index contributed by atoms with van der Waals surface area (Å²) in [4.78, 5) is 10.2. The first-order valence-corrected chi connectivity index (χ1v) is 6.67. The SMILES string of the molecule is Cc1cc([N+](=O)[O-])cc(Cl)c1NCc1cc(C#N)ccc1F. The van der Waals surface area contributed by atoms with Crippen molar-refractivity contribution in [2.45, 2.75) is 13.5 Å². The number of aryl methyl sites for hydroxylation is 1. The summed E-state index contributed by atoms with van der Waals surface area (Å²) in [5.74, 6) is -0.442. The third kappa shape index (κ3) is 3.32. The molecule has 0 saturated heterocycles. The van der Waals surface area contributed by atoms with Gasteiger partial charge in [-0.3, -0.25) is 10.1 Å². The fourth-order valence-corrected chi connectivity index (χ4v) is 2.35. The fourth-order valence-electron chi connectivity index (χ4n) is 2.02. The van der Waals surface area contributed by atoms with Crippen molar-refractivity contribution in [3.63, 3.8) is 0 Å². The molecule has 0 atom stereocenters. The minimum Gasteiger partial charge on any atom is -0.379 e. The molecule has 5 nitrogen and oxygen atoms in total. The van der Waals surface area contributed by atoms with Gasteiger partial charge in [0.15, 0.2) is 0 Å². The van der Waals surface area contributed by atoms with Gasteiger partial charge in [0.05, 0.1) is 27.3 Å². The lowest BCUT2D eigenvalue weighted by molar-refractivity contribution is -0.384. The van der Waals surface area contributed by atoms with Gasteiger partial charge >= 0.3 is 0 Å². The molecule has 0 fully saturated rings. The van der Waals surface area contributed by atoms with E-state index in [2.05, 4.69) is 5.32 Å². The third-order valence-corrected chi connectivity index (χ3v) is 3.41. The van der Waals surface area contributed by atoms with Gasteiger partial charge in [0.2, 0.25) is 0 Å². The van der Waals surface area contributed by atoms with Crippen LogP contribution >= 0.6 is 11.6 Å². The highest BCUT2D eigenvalue weighted by atomic mass is 35.5. The zero-order chi connectivity index (χ0) is 16.3. The van der Waals surface area contributed by atoms with Crippen LogP contribution in [0.1, 0.15) is 16.7 Å². The zero-order valence-electron chi connectivity index (χ0n) is 11.6. The number of halogens is 2. The first-order chi connectivity index (χ1) is 10.4. The summed E-state index contributed by atoms with van der Waals surface area (Å²) in [5, 5.41) is 22.7. The van der Waals surface area contributed by atoms with E-state index >= 15 is 0 Å². The quantitative estimate of drug-likeness (QED) is 0.677. The van der Waals surface area contributed by atoms with Crippen LogP contribution in [0, 0.1) is 34.2 Å². The summed E-state index contributed by atoms with van der Waals surface area (Å²) in [5.41, 5.74) is 1.63. The molecule has 0 spiro atoms. The largest absolute Gasteiger partial charge is 0.379 e. The average molecular weight is 320 g/mol. The van der Waals surface area contributed by atoms with E-state index in [9.17, 15) is 14.5 Å². The lowest BCUT2D eigenvalue weighted by atomic mass is 10.1. The van der Waals surface area contributed by atoms with Gasteiger partial charge in [-0.05, 0) is 30.7 Å². The molecule has 0 radical (unpaired) electrons. The molecule has 0 saturated carbocycles. The maximum atomic E-state index is 13.7. The maximum absolute atomic E-state index is 13.7. The molecular formula is C15H11ClFN3O2. The predicted octanol–water partition coefficient (Wildman–Crippen LogP) is 4.18. The van der Waals surface area contributed by atoms with E-state index < -0.39 is 10.7 Å². The predicted molar refractivity (Wildman–Crippen MR) is 81.3 cm³/mol. The van der Waals surface area contributed by atoms with Gasteiger partial charge in [-0.1, -0.05) is 11.6 Å². The molecule has 22 heavy (non-hydrogen) atoms. The van der Waals surface area contributed by atoms with Crippen molar-refractivity contribution in [1.82, 2.24) is 0 Å². The molecule has 0 bridgehead atoms. The normalized spacial score (nSPS) is 10.1. The van der Waals surface area contributed by atoms with Gasteiger partial charge in [0.25, 0.3) is 5.69 Å². The minimum atomic E-state index is -0.529. The molecule has 7 heteroatoms. The fraction of sp³-hybridized carbons (Fsp3) is 0.133. The highest BCUT2D eigenvalue weighted by molar-refractivity contribution is 6.33. The third-order valence-electron chi connectivity index (χ3n) is 3.11. The van der Waals surface area contributed by atoms with Crippen molar-refractivity contribution in [2.24, 2.45) is 0 Å². The topological polar surface area (TPSA) is 79.0 Å². The smallest absolute Gasteiger partial charge is 0.271 e. The molecule has 2 aromatic carbocycles. The second kappa shape index (κ2) is 6.41. The molecule has 0 heterocycles. The maximum Gasteiger partial charge on any atom is 0.271 e. The van der Waals surface area contributed by atoms with Crippen molar-refractivity contribution in [2.75, 3.05) is 5.32 Å². The standard InChI is InChI=1S/C15H11ClFN3O2/c1-9-4-12(20(21)22)6-13(16)15(9)19-8-11-5-10(7-18)2-3-14(11)17/h2-6,19H,8H2,1H3. The van der Waals surface area contributed by atoms with Crippen LogP contribution in [0.2, 0.25) is 5.02 Å². The average Bonchev–Trinajstić information content (AvgIpc) is 2.47. The first-order valence-electron chi connectivity index (χ1n) is 6.29. The summed E-state index contributed by atoms with van der Waals surface area (Å²) in [7, 11) is 0. The molecule has 0 aliphatic rings. The molecule has 2 rings (SSSR count). The van der Waals surface area contributed by atoms with Crippen LogP contribution in [0.25, 0.3) is 0 Å². The summed E-state index contributed by atoms with van der Waals surface area (Å²) in [6.45, 7) is 1.78. The van der Waals surface area contributed by atoms with Crippen molar-refractivity contribution in [3.8, 4) is 6.07 Å². The Morgan fingerprint density at radius 1 is 1.41 bits per heavy atom. The summed E-state index contributed by atoms with van der Waals surface area (Å²) in [6.07, 6.45) is 0. The summed E-state index contributed by atoms with van der Waals surface area (Å²) < 4.78 is 13.7. The van der Waals surface area contributed by atoms with Gasteiger partial charge in [0, 0.05) is 24.2 Å². The highest BCUT2D eigenvalue weighted by Gasteiger charge is 2.13. The molecule has 0 unspecified atom stereocenters. The van der Waals surface area contributed by atoms with Crippen LogP contribution in [0.4, 0.5) is 15.8 Å². The Morgan fingerprint density at radius 2 is 2.14 bits per heavy atom. The Bertz CT molecular complexity index is 764. The van der Waals surface area contributed by atoms with E-state index in [4.69, 9.17) is 16.9 Å². The van der Waals surface area contributed by atoms with Crippen LogP contribution < -0.4 is 5.32 Å². The Morgan fingerprint density at radius 3 is 2.73 bits per heavy atom. The van der Waals surface area contributed by atoms with Crippen LogP contribution in [0.5, 0.6) is 0 Å². The number of nitrogens with zero attached hydrogens (tertiary/aromatic N) is 2. The highest BCUT2D eigenvalue weighted by Crippen LogP contribution is 2.31.